The molecule has 2 heterocycles. The van der Waals surface area contributed by atoms with Crippen molar-refractivity contribution in [2.75, 3.05) is 0 Å². The van der Waals surface area contributed by atoms with Gasteiger partial charge in [0.2, 0.25) is 0 Å². The van der Waals surface area contributed by atoms with Gasteiger partial charge in [0.25, 0.3) is 5.56 Å². The highest BCUT2D eigenvalue weighted by atomic mass is 32.1. The SMILES string of the molecule is CCn1c(-c2cc(C)n[nH]c2=O)n[nH]c1=S. The van der Waals surface area contributed by atoms with E-state index in [2.05, 4.69) is 20.4 Å². The average molecular weight is 237 g/mol. The van der Waals surface area contributed by atoms with Crippen molar-refractivity contribution >= 4 is 12.2 Å². The maximum atomic E-state index is 11.6. The molecule has 84 valence electrons. The van der Waals surface area contributed by atoms with Crippen LogP contribution in [0.4, 0.5) is 0 Å². The smallest absolute Gasteiger partial charge is 0.275 e. The minimum atomic E-state index is -0.269. The molecule has 0 aliphatic heterocycles. The van der Waals surface area contributed by atoms with E-state index in [1.54, 1.807) is 17.6 Å². The zero-order chi connectivity index (χ0) is 11.7. The summed E-state index contributed by atoms with van der Waals surface area (Å²) in [6.45, 7) is 4.40. The molecule has 2 aromatic heterocycles. The third-order valence-corrected chi connectivity index (χ3v) is 2.56. The van der Waals surface area contributed by atoms with E-state index in [0.717, 1.165) is 5.69 Å². The van der Waals surface area contributed by atoms with Gasteiger partial charge in [0.15, 0.2) is 10.6 Å². The Bertz CT molecular complexity index is 623. The summed E-state index contributed by atoms with van der Waals surface area (Å²) in [4.78, 5) is 11.6. The number of hydrogen-bond donors (Lipinski definition) is 2. The van der Waals surface area contributed by atoms with E-state index in [1.807, 2.05) is 6.92 Å². The van der Waals surface area contributed by atoms with E-state index < -0.39 is 0 Å². The minimum Gasteiger partial charge on any atom is -0.300 e. The van der Waals surface area contributed by atoms with E-state index >= 15 is 0 Å². The third-order valence-electron chi connectivity index (χ3n) is 2.25. The van der Waals surface area contributed by atoms with Crippen molar-refractivity contribution in [1.82, 2.24) is 25.0 Å². The van der Waals surface area contributed by atoms with Gasteiger partial charge in [-0.05, 0) is 32.1 Å². The summed E-state index contributed by atoms with van der Waals surface area (Å²) < 4.78 is 2.27. The van der Waals surface area contributed by atoms with Crippen molar-refractivity contribution in [3.05, 3.63) is 26.9 Å². The lowest BCUT2D eigenvalue weighted by atomic mass is 10.2. The van der Waals surface area contributed by atoms with E-state index in [0.29, 0.717) is 22.7 Å². The van der Waals surface area contributed by atoms with Crippen LogP contribution in [0.1, 0.15) is 12.6 Å². The predicted octanol–water partition coefficient (Wildman–Crippen LogP) is 1.02. The van der Waals surface area contributed by atoms with E-state index in [1.165, 1.54) is 0 Å². The first-order chi connectivity index (χ1) is 7.63. The minimum absolute atomic E-state index is 0.269. The van der Waals surface area contributed by atoms with E-state index in [9.17, 15) is 4.79 Å². The first-order valence-electron chi connectivity index (χ1n) is 4.85. The molecule has 0 aliphatic rings. The number of aromatic nitrogens is 5. The molecule has 6 nitrogen and oxygen atoms in total. The first kappa shape index (κ1) is 10.7. The number of rotatable bonds is 2. The number of hydrogen-bond acceptors (Lipinski definition) is 4. The van der Waals surface area contributed by atoms with Gasteiger partial charge < -0.3 is 4.57 Å². The van der Waals surface area contributed by atoms with Crippen LogP contribution in [0, 0.1) is 11.7 Å². The molecule has 16 heavy (non-hydrogen) atoms. The molecule has 0 atom stereocenters. The van der Waals surface area contributed by atoms with Crippen LogP contribution in [-0.2, 0) is 6.54 Å². The average Bonchev–Trinajstić information content (AvgIpc) is 2.63. The Morgan fingerprint density at radius 1 is 1.44 bits per heavy atom. The molecule has 0 bridgehead atoms. The summed E-state index contributed by atoms with van der Waals surface area (Å²) in [5.74, 6) is 0.541. The van der Waals surface area contributed by atoms with Crippen LogP contribution < -0.4 is 5.56 Å². The van der Waals surface area contributed by atoms with E-state index in [-0.39, 0.29) is 5.56 Å². The molecule has 2 aromatic rings. The van der Waals surface area contributed by atoms with Crippen molar-refractivity contribution < 1.29 is 0 Å². The van der Waals surface area contributed by atoms with Crippen LogP contribution in [0.2, 0.25) is 0 Å². The molecular formula is C9H11N5OS. The standard InChI is InChI=1S/C9H11N5OS/c1-3-14-7(11-13-9(14)16)6-4-5(2)10-12-8(6)15/h4H,3H2,1-2H3,(H,12,15)(H,13,16). The Balaban J connectivity index is 2.72. The molecule has 0 aliphatic carbocycles. The molecule has 7 heteroatoms. The van der Waals surface area contributed by atoms with Gasteiger partial charge in [-0.3, -0.25) is 9.89 Å². The number of aryl methyl sites for hydroxylation is 1. The monoisotopic (exact) mass is 237 g/mol. The van der Waals surface area contributed by atoms with E-state index in [4.69, 9.17) is 12.2 Å². The fourth-order valence-electron chi connectivity index (χ4n) is 1.49. The Morgan fingerprint density at radius 3 is 2.88 bits per heavy atom. The van der Waals surface area contributed by atoms with Gasteiger partial charge in [-0.2, -0.15) is 10.2 Å². The quantitative estimate of drug-likeness (QED) is 0.764. The molecule has 0 spiro atoms. The van der Waals surface area contributed by atoms with Gasteiger partial charge in [-0.1, -0.05) is 0 Å². The van der Waals surface area contributed by atoms with Gasteiger partial charge in [0.05, 0.1) is 11.3 Å². The highest BCUT2D eigenvalue weighted by molar-refractivity contribution is 7.71. The number of aromatic amines is 2. The van der Waals surface area contributed by atoms with Crippen molar-refractivity contribution in [2.45, 2.75) is 20.4 Å². The molecular weight excluding hydrogens is 226 g/mol. The lowest BCUT2D eigenvalue weighted by molar-refractivity contribution is 0.753. The predicted molar refractivity (Wildman–Crippen MR) is 61.7 cm³/mol. The second-order valence-electron chi connectivity index (χ2n) is 3.35. The molecule has 0 saturated carbocycles. The Kier molecular flexibility index (Phi) is 2.69. The maximum Gasteiger partial charge on any atom is 0.275 e. The second kappa shape index (κ2) is 4.01. The van der Waals surface area contributed by atoms with Crippen LogP contribution in [-0.4, -0.2) is 25.0 Å². The lowest BCUT2D eigenvalue weighted by Gasteiger charge is -2.02. The van der Waals surface area contributed by atoms with Crippen molar-refractivity contribution in [2.24, 2.45) is 0 Å². The first-order valence-corrected chi connectivity index (χ1v) is 5.26. The molecule has 2 rings (SSSR count). The fraction of sp³-hybridized carbons (Fsp3) is 0.333. The van der Waals surface area contributed by atoms with Crippen LogP contribution in [0.25, 0.3) is 11.4 Å². The normalized spacial score (nSPS) is 10.6. The highest BCUT2D eigenvalue weighted by Crippen LogP contribution is 2.12. The molecule has 0 aromatic carbocycles. The molecule has 0 amide bonds. The summed E-state index contributed by atoms with van der Waals surface area (Å²) >= 11 is 5.07. The Labute approximate surface area is 96.3 Å². The molecule has 0 radical (unpaired) electrons. The summed E-state index contributed by atoms with van der Waals surface area (Å²) in [5.41, 5.74) is 0.933. The van der Waals surface area contributed by atoms with Crippen molar-refractivity contribution in [1.29, 1.82) is 0 Å². The van der Waals surface area contributed by atoms with Crippen molar-refractivity contribution in [3.8, 4) is 11.4 Å². The summed E-state index contributed by atoms with van der Waals surface area (Å²) in [6.07, 6.45) is 0. The zero-order valence-electron chi connectivity index (χ0n) is 8.94. The Morgan fingerprint density at radius 2 is 2.19 bits per heavy atom. The number of nitrogens with zero attached hydrogens (tertiary/aromatic N) is 3. The molecule has 0 fully saturated rings. The zero-order valence-corrected chi connectivity index (χ0v) is 9.76. The lowest BCUT2D eigenvalue weighted by Crippen LogP contribution is -2.14. The maximum absolute atomic E-state index is 11.6. The molecule has 2 N–H and O–H groups in total. The van der Waals surface area contributed by atoms with Crippen LogP contribution >= 0.6 is 12.2 Å². The van der Waals surface area contributed by atoms with Crippen LogP contribution in [0.5, 0.6) is 0 Å². The topological polar surface area (TPSA) is 79.4 Å². The van der Waals surface area contributed by atoms with Gasteiger partial charge in [-0.25, -0.2) is 5.10 Å². The molecule has 0 unspecified atom stereocenters. The van der Waals surface area contributed by atoms with Gasteiger partial charge in [0.1, 0.15) is 0 Å². The fourth-order valence-corrected chi connectivity index (χ4v) is 1.75. The van der Waals surface area contributed by atoms with Crippen LogP contribution in [0.3, 0.4) is 0 Å². The van der Waals surface area contributed by atoms with Gasteiger partial charge >= 0.3 is 0 Å². The summed E-state index contributed by atoms with van der Waals surface area (Å²) in [6, 6.07) is 1.69. The second-order valence-corrected chi connectivity index (χ2v) is 3.74. The number of nitrogens with one attached hydrogen (secondary N) is 2. The Hall–Kier alpha value is -1.76. The highest BCUT2D eigenvalue weighted by Gasteiger charge is 2.11. The third kappa shape index (κ3) is 1.69. The number of H-pyrrole nitrogens is 2. The van der Waals surface area contributed by atoms with Gasteiger partial charge in [0, 0.05) is 6.54 Å². The molecule has 0 saturated heterocycles. The van der Waals surface area contributed by atoms with Crippen LogP contribution in [0.15, 0.2) is 10.9 Å². The summed E-state index contributed by atoms with van der Waals surface area (Å²) in [5, 5.41) is 13.0. The van der Waals surface area contributed by atoms with Crippen molar-refractivity contribution in [3.63, 3.8) is 0 Å². The summed E-state index contributed by atoms with van der Waals surface area (Å²) in [7, 11) is 0. The van der Waals surface area contributed by atoms with Gasteiger partial charge in [-0.15, -0.1) is 0 Å². The largest absolute Gasteiger partial charge is 0.300 e.